The number of rotatable bonds is 3. The fourth-order valence-corrected chi connectivity index (χ4v) is 7.49. The van der Waals surface area contributed by atoms with Gasteiger partial charge in [0.1, 0.15) is 0 Å². The van der Waals surface area contributed by atoms with Gasteiger partial charge in [0.2, 0.25) is 0 Å². The molecule has 0 saturated carbocycles. The monoisotopic (exact) mass is 400 g/mol. The highest BCUT2D eigenvalue weighted by Crippen LogP contribution is 2.41. The van der Waals surface area contributed by atoms with Crippen LogP contribution in [-0.4, -0.2) is 42.3 Å². The molecule has 2 aromatic rings. The van der Waals surface area contributed by atoms with Gasteiger partial charge in [-0.25, -0.2) is 8.42 Å². The van der Waals surface area contributed by atoms with Gasteiger partial charge >= 0.3 is 0 Å². The van der Waals surface area contributed by atoms with Crippen LogP contribution in [0.4, 0.5) is 5.69 Å². The fraction of sp³-hybridized carbons (Fsp3) is 0.300. The Balaban J connectivity index is 1.65. The summed E-state index contributed by atoms with van der Waals surface area (Å²) < 4.78 is 24.2. The van der Waals surface area contributed by atoms with Crippen molar-refractivity contribution in [1.82, 2.24) is 0 Å². The van der Waals surface area contributed by atoms with E-state index in [2.05, 4.69) is 4.99 Å². The normalized spacial score (nSPS) is 24.9. The summed E-state index contributed by atoms with van der Waals surface area (Å²) in [6.07, 6.45) is 0.236. The van der Waals surface area contributed by atoms with Gasteiger partial charge in [-0.3, -0.25) is 4.79 Å². The summed E-state index contributed by atoms with van der Waals surface area (Å²) >= 11 is 1.41. The van der Waals surface area contributed by atoms with Gasteiger partial charge in [0, 0.05) is 10.9 Å². The third kappa shape index (κ3) is 3.94. The number of amidine groups is 1. The molecule has 2 heterocycles. The molecule has 2 aliphatic heterocycles. The summed E-state index contributed by atoms with van der Waals surface area (Å²) in [5, 5.41) is 0.519. The molecular weight excluding hydrogens is 380 g/mol. The van der Waals surface area contributed by atoms with Gasteiger partial charge in [-0.15, -0.1) is 0 Å². The summed E-state index contributed by atoms with van der Waals surface area (Å²) in [4.78, 5) is 18.8. The molecule has 0 bridgehead atoms. The quantitative estimate of drug-likeness (QED) is 0.793. The van der Waals surface area contributed by atoms with Crippen molar-refractivity contribution in [3.8, 4) is 0 Å². The number of carbonyl (C=O) groups is 1. The van der Waals surface area contributed by atoms with Crippen molar-refractivity contribution in [2.45, 2.75) is 24.6 Å². The zero-order chi connectivity index (χ0) is 19.0. The number of nitrogens with zero attached hydrogens (tertiary/aromatic N) is 2. The van der Waals surface area contributed by atoms with E-state index in [9.17, 15) is 13.2 Å². The maximum absolute atomic E-state index is 12.5. The van der Waals surface area contributed by atoms with Gasteiger partial charge in [-0.1, -0.05) is 54.2 Å². The molecule has 0 unspecified atom stereocenters. The van der Waals surface area contributed by atoms with Crippen LogP contribution >= 0.6 is 11.8 Å². The van der Waals surface area contributed by atoms with Crippen LogP contribution < -0.4 is 4.90 Å². The highest BCUT2D eigenvalue weighted by atomic mass is 32.2. The van der Waals surface area contributed by atoms with Crippen LogP contribution in [0.3, 0.4) is 0 Å². The van der Waals surface area contributed by atoms with Gasteiger partial charge in [-0.05, 0) is 30.2 Å². The first-order valence-electron chi connectivity index (χ1n) is 8.80. The Morgan fingerprint density at radius 2 is 1.93 bits per heavy atom. The Morgan fingerprint density at radius 1 is 1.15 bits per heavy atom. The lowest BCUT2D eigenvalue weighted by molar-refractivity contribution is -0.117. The van der Waals surface area contributed by atoms with E-state index in [4.69, 9.17) is 0 Å². The number of benzene rings is 2. The Kier molecular flexibility index (Phi) is 4.82. The number of thioether (sulfide) groups is 1. The Hall–Kier alpha value is -2.12. The SMILES string of the molecule is Cc1cccc(N2C(=NC(=O)Cc3ccccc3)S[C@@H]3CS(=O)(=O)C[C@@H]32)c1. The lowest BCUT2D eigenvalue weighted by atomic mass is 10.1. The molecule has 1 amide bonds. The third-order valence-electron chi connectivity index (χ3n) is 4.76. The predicted octanol–water partition coefficient (Wildman–Crippen LogP) is 2.84. The number of anilines is 1. The van der Waals surface area contributed by atoms with E-state index >= 15 is 0 Å². The Bertz CT molecular complexity index is 1000. The molecule has 7 heteroatoms. The minimum atomic E-state index is -3.06. The maximum Gasteiger partial charge on any atom is 0.252 e. The standard InChI is InChI=1S/C20H20N2O3S2/c1-14-6-5-9-16(10-14)22-17-12-27(24,25)13-18(17)26-20(22)21-19(23)11-15-7-3-2-4-8-15/h2-10,17-18H,11-13H2,1H3/t17-,18+/m0/s1. The number of aliphatic imine (C=N–C) groups is 1. The fourth-order valence-electron chi connectivity index (χ4n) is 3.56. The Morgan fingerprint density at radius 3 is 2.67 bits per heavy atom. The summed E-state index contributed by atoms with van der Waals surface area (Å²) in [6.45, 7) is 1.99. The van der Waals surface area contributed by atoms with Crippen LogP contribution in [0.1, 0.15) is 11.1 Å². The number of amides is 1. The predicted molar refractivity (Wildman–Crippen MR) is 110 cm³/mol. The molecule has 4 rings (SSSR count). The molecule has 140 valence electrons. The van der Waals surface area contributed by atoms with Crippen molar-refractivity contribution < 1.29 is 13.2 Å². The van der Waals surface area contributed by atoms with Crippen molar-refractivity contribution in [1.29, 1.82) is 0 Å². The molecule has 27 heavy (non-hydrogen) atoms. The molecule has 2 aliphatic rings. The smallest absolute Gasteiger partial charge is 0.252 e. The van der Waals surface area contributed by atoms with Gasteiger partial charge in [0.05, 0.1) is 24.0 Å². The van der Waals surface area contributed by atoms with Crippen molar-refractivity contribution in [3.63, 3.8) is 0 Å². The average molecular weight is 401 g/mol. The number of fused-ring (bicyclic) bond motifs is 1. The number of sulfone groups is 1. The van der Waals surface area contributed by atoms with Crippen LogP contribution in [0.2, 0.25) is 0 Å². The zero-order valence-corrected chi connectivity index (χ0v) is 16.5. The molecule has 0 N–H and O–H groups in total. The zero-order valence-electron chi connectivity index (χ0n) is 14.9. The molecule has 2 fully saturated rings. The molecule has 0 radical (unpaired) electrons. The number of hydrogen-bond donors (Lipinski definition) is 0. The van der Waals surface area contributed by atoms with E-state index in [0.29, 0.717) is 5.17 Å². The summed E-state index contributed by atoms with van der Waals surface area (Å²) in [5.74, 6) is 0.0188. The number of hydrogen-bond acceptors (Lipinski definition) is 4. The molecule has 2 saturated heterocycles. The van der Waals surface area contributed by atoms with Crippen molar-refractivity contribution in [2.24, 2.45) is 4.99 Å². The lowest BCUT2D eigenvalue weighted by Crippen LogP contribution is -2.37. The second kappa shape index (κ2) is 7.13. The molecule has 2 aromatic carbocycles. The van der Waals surface area contributed by atoms with Crippen LogP contribution in [-0.2, 0) is 21.1 Å². The second-order valence-electron chi connectivity index (χ2n) is 6.96. The lowest BCUT2D eigenvalue weighted by Gasteiger charge is -2.24. The van der Waals surface area contributed by atoms with Crippen LogP contribution in [0, 0.1) is 6.92 Å². The van der Waals surface area contributed by atoms with Crippen LogP contribution in [0.15, 0.2) is 59.6 Å². The molecule has 0 aliphatic carbocycles. The maximum atomic E-state index is 12.5. The van der Waals surface area contributed by atoms with Crippen LogP contribution in [0.5, 0.6) is 0 Å². The second-order valence-corrected chi connectivity index (χ2v) is 10.3. The summed E-state index contributed by atoms with van der Waals surface area (Å²) in [7, 11) is -3.06. The summed E-state index contributed by atoms with van der Waals surface area (Å²) in [6, 6.07) is 17.2. The molecule has 5 nitrogen and oxygen atoms in total. The highest BCUT2D eigenvalue weighted by Gasteiger charge is 2.49. The molecule has 2 atom stereocenters. The van der Waals surface area contributed by atoms with E-state index in [1.165, 1.54) is 11.8 Å². The minimum Gasteiger partial charge on any atom is -0.316 e. The third-order valence-corrected chi connectivity index (χ3v) is 7.97. The Labute approximate surface area is 163 Å². The van der Waals surface area contributed by atoms with E-state index in [-0.39, 0.29) is 35.1 Å². The van der Waals surface area contributed by atoms with Crippen molar-refractivity contribution in [2.75, 3.05) is 16.4 Å². The summed E-state index contributed by atoms with van der Waals surface area (Å²) in [5.41, 5.74) is 2.88. The molecule has 0 spiro atoms. The van der Waals surface area contributed by atoms with Gasteiger partial charge in [0.25, 0.3) is 5.91 Å². The first-order valence-corrected chi connectivity index (χ1v) is 11.5. The molecule has 0 aromatic heterocycles. The highest BCUT2D eigenvalue weighted by molar-refractivity contribution is 8.16. The van der Waals surface area contributed by atoms with E-state index in [1.54, 1.807) is 0 Å². The number of carbonyl (C=O) groups excluding carboxylic acids is 1. The first-order chi connectivity index (χ1) is 12.9. The van der Waals surface area contributed by atoms with E-state index < -0.39 is 9.84 Å². The number of aryl methyl sites for hydroxylation is 1. The van der Waals surface area contributed by atoms with Gasteiger partial charge in [0.15, 0.2) is 15.0 Å². The largest absolute Gasteiger partial charge is 0.316 e. The van der Waals surface area contributed by atoms with E-state index in [1.807, 2.05) is 66.4 Å². The van der Waals surface area contributed by atoms with Gasteiger partial charge in [-0.2, -0.15) is 4.99 Å². The minimum absolute atomic E-state index is 0.0845. The van der Waals surface area contributed by atoms with E-state index in [0.717, 1.165) is 16.8 Å². The van der Waals surface area contributed by atoms with Crippen LogP contribution in [0.25, 0.3) is 0 Å². The van der Waals surface area contributed by atoms with Crippen molar-refractivity contribution >= 4 is 38.4 Å². The van der Waals surface area contributed by atoms with Crippen molar-refractivity contribution in [3.05, 3.63) is 65.7 Å². The average Bonchev–Trinajstić information content (AvgIpc) is 3.06. The topological polar surface area (TPSA) is 66.8 Å². The first kappa shape index (κ1) is 18.3. The van der Waals surface area contributed by atoms with Gasteiger partial charge < -0.3 is 4.90 Å². The molecular formula is C20H20N2O3S2.